The number of nitrogens with zero attached hydrogens (tertiary/aromatic N) is 4. The van der Waals surface area contributed by atoms with Gasteiger partial charge in [0.05, 0.1) is 11.8 Å². The molecule has 5 nitrogen and oxygen atoms in total. The third-order valence-corrected chi connectivity index (χ3v) is 2.72. The Labute approximate surface area is 111 Å². The van der Waals surface area contributed by atoms with Gasteiger partial charge in [-0.1, -0.05) is 12.2 Å². The van der Waals surface area contributed by atoms with Gasteiger partial charge in [-0.3, -0.25) is 4.98 Å². The second kappa shape index (κ2) is 5.50. The van der Waals surface area contributed by atoms with E-state index in [1.54, 1.807) is 24.7 Å². The molecule has 0 saturated carbocycles. The molecule has 0 aliphatic heterocycles. The first-order chi connectivity index (χ1) is 8.68. The van der Waals surface area contributed by atoms with Crippen molar-refractivity contribution in [3.05, 3.63) is 47.9 Å². The third-order valence-electron chi connectivity index (χ3n) is 2.50. The van der Waals surface area contributed by atoms with Gasteiger partial charge in [0, 0.05) is 26.0 Å². The van der Waals surface area contributed by atoms with Crippen LogP contribution in [-0.2, 0) is 6.54 Å². The van der Waals surface area contributed by atoms with E-state index in [2.05, 4.69) is 15.2 Å². The number of pyridine rings is 1. The van der Waals surface area contributed by atoms with Crippen molar-refractivity contribution in [2.75, 3.05) is 11.9 Å². The van der Waals surface area contributed by atoms with Crippen LogP contribution in [0.4, 0.5) is 5.82 Å². The van der Waals surface area contributed by atoms with Crippen molar-refractivity contribution < 1.29 is 0 Å². The molecule has 0 amide bonds. The molecule has 2 N–H and O–H groups in total. The summed E-state index contributed by atoms with van der Waals surface area (Å²) < 4.78 is 0. The minimum Gasteiger partial charge on any atom is -0.389 e. The Morgan fingerprint density at radius 3 is 2.67 bits per heavy atom. The zero-order valence-corrected chi connectivity index (χ0v) is 10.8. The molecule has 0 atom stereocenters. The van der Waals surface area contributed by atoms with Gasteiger partial charge in [-0.2, -0.15) is 5.10 Å². The summed E-state index contributed by atoms with van der Waals surface area (Å²) in [6, 6.07) is 5.67. The van der Waals surface area contributed by atoms with E-state index in [1.807, 2.05) is 24.1 Å². The Bertz CT molecular complexity index is 543. The van der Waals surface area contributed by atoms with Gasteiger partial charge in [0.1, 0.15) is 4.99 Å². The van der Waals surface area contributed by atoms with E-state index in [4.69, 9.17) is 18.0 Å². The number of hydrogen-bond donors (Lipinski definition) is 1. The monoisotopic (exact) mass is 259 g/mol. The summed E-state index contributed by atoms with van der Waals surface area (Å²) in [5.74, 6) is 0.682. The molecule has 0 bridgehead atoms. The van der Waals surface area contributed by atoms with Crippen LogP contribution in [0.25, 0.3) is 0 Å². The summed E-state index contributed by atoms with van der Waals surface area (Å²) >= 11 is 5.01. The smallest absolute Gasteiger partial charge is 0.161 e. The normalized spacial score (nSPS) is 10.1. The molecule has 0 aliphatic rings. The molecular formula is C12H13N5S. The molecule has 6 heteroatoms. The lowest BCUT2D eigenvalue weighted by molar-refractivity contribution is 0.862. The van der Waals surface area contributed by atoms with E-state index in [0.29, 0.717) is 17.4 Å². The number of hydrogen-bond acceptors (Lipinski definition) is 5. The molecule has 0 spiro atoms. The topological polar surface area (TPSA) is 67.9 Å². The molecule has 2 aromatic rings. The molecule has 0 fully saturated rings. The predicted octanol–water partition coefficient (Wildman–Crippen LogP) is 1.14. The quantitative estimate of drug-likeness (QED) is 0.831. The van der Waals surface area contributed by atoms with Crippen LogP contribution >= 0.6 is 12.2 Å². The summed E-state index contributed by atoms with van der Waals surface area (Å²) in [4.78, 5) is 6.26. The maximum absolute atomic E-state index is 5.67. The van der Waals surface area contributed by atoms with Crippen LogP contribution < -0.4 is 10.6 Å². The van der Waals surface area contributed by atoms with E-state index in [1.165, 1.54) is 0 Å². The Kier molecular flexibility index (Phi) is 3.78. The fourth-order valence-corrected chi connectivity index (χ4v) is 1.79. The maximum atomic E-state index is 5.67. The summed E-state index contributed by atoms with van der Waals surface area (Å²) in [6.45, 7) is 0.691. The van der Waals surface area contributed by atoms with E-state index in [9.17, 15) is 0 Å². The van der Waals surface area contributed by atoms with Crippen LogP contribution in [-0.4, -0.2) is 27.2 Å². The molecule has 0 aliphatic carbocycles. The van der Waals surface area contributed by atoms with Gasteiger partial charge in [-0.05, 0) is 23.8 Å². The standard InChI is InChI=1S/C12H13N5S/c1-17(8-9-2-5-14-6-3-9)12-10(11(13)18)4-7-15-16-12/h2-7H,8H2,1H3,(H2,13,18). The fraction of sp³-hybridized carbons (Fsp3) is 0.167. The molecule has 92 valence electrons. The molecule has 0 aromatic carbocycles. The Hall–Kier alpha value is -2.08. The van der Waals surface area contributed by atoms with E-state index >= 15 is 0 Å². The number of nitrogens with two attached hydrogens (primary N) is 1. The predicted molar refractivity (Wildman–Crippen MR) is 74.3 cm³/mol. The first-order valence-electron chi connectivity index (χ1n) is 5.40. The molecule has 2 aromatic heterocycles. The Morgan fingerprint density at radius 1 is 1.28 bits per heavy atom. The van der Waals surface area contributed by atoms with Gasteiger partial charge in [-0.25, -0.2) is 0 Å². The van der Waals surface area contributed by atoms with Crippen molar-refractivity contribution in [1.29, 1.82) is 0 Å². The van der Waals surface area contributed by atoms with Gasteiger partial charge in [-0.15, -0.1) is 5.10 Å². The molecule has 2 heterocycles. The second-order valence-corrected chi connectivity index (χ2v) is 4.28. The van der Waals surface area contributed by atoms with Crippen LogP contribution in [0.3, 0.4) is 0 Å². The summed E-state index contributed by atoms with van der Waals surface area (Å²) in [5, 5.41) is 7.96. The zero-order valence-electron chi connectivity index (χ0n) is 9.95. The van der Waals surface area contributed by atoms with Crippen molar-refractivity contribution in [2.24, 2.45) is 5.73 Å². The zero-order chi connectivity index (χ0) is 13.0. The fourth-order valence-electron chi connectivity index (χ4n) is 1.64. The maximum Gasteiger partial charge on any atom is 0.161 e. The lowest BCUT2D eigenvalue weighted by Gasteiger charge is -2.19. The lowest BCUT2D eigenvalue weighted by Crippen LogP contribution is -2.23. The first kappa shape index (κ1) is 12.4. The highest BCUT2D eigenvalue weighted by molar-refractivity contribution is 7.80. The number of anilines is 1. The van der Waals surface area contributed by atoms with Crippen LogP contribution in [0.5, 0.6) is 0 Å². The molecule has 0 saturated heterocycles. The minimum absolute atomic E-state index is 0.321. The molecule has 18 heavy (non-hydrogen) atoms. The van der Waals surface area contributed by atoms with Gasteiger partial charge in [0.15, 0.2) is 5.82 Å². The lowest BCUT2D eigenvalue weighted by atomic mass is 10.2. The SMILES string of the molecule is CN(Cc1ccncc1)c1nnccc1C(N)=S. The van der Waals surface area contributed by atoms with Crippen molar-refractivity contribution in [1.82, 2.24) is 15.2 Å². The summed E-state index contributed by atoms with van der Waals surface area (Å²) in [6.07, 6.45) is 5.10. The number of thiocarbonyl (C=S) groups is 1. The van der Waals surface area contributed by atoms with Crippen LogP contribution in [0.2, 0.25) is 0 Å². The van der Waals surface area contributed by atoms with E-state index in [-0.39, 0.29) is 0 Å². The first-order valence-corrected chi connectivity index (χ1v) is 5.81. The van der Waals surface area contributed by atoms with Gasteiger partial charge < -0.3 is 10.6 Å². The minimum atomic E-state index is 0.321. The van der Waals surface area contributed by atoms with Crippen LogP contribution in [0, 0.1) is 0 Å². The van der Waals surface area contributed by atoms with Crippen LogP contribution in [0.1, 0.15) is 11.1 Å². The van der Waals surface area contributed by atoms with Gasteiger partial charge in [0.25, 0.3) is 0 Å². The molecular weight excluding hydrogens is 246 g/mol. The Morgan fingerprint density at radius 2 is 2.00 bits per heavy atom. The van der Waals surface area contributed by atoms with Crippen molar-refractivity contribution in [2.45, 2.75) is 6.54 Å². The molecule has 2 rings (SSSR count). The summed E-state index contributed by atoms with van der Waals surface area (Å²) in [5.41, 5.74) is 7.54. The molecule has 0 radical (unpaired) electrons. The largest absolute Gasteiger partial charge is 0.389 e. The highest BCUT2D eigenvalue weighted by atomic mass is 32.1. The van der Waals surface area contributed by atoms with E-state index < -0.39 is 0 Å². The molecule has 0 unspecified atom stereocenters. The van der Waals surface area contributed by atoms with E-state index in [0.717, 1.165) is 11.1 Å². The van der Waals surface area contributed by atoms with Crippen molar-refractivity contribution >= 4 is 23.0 Å². The number of rotatable bonds is 4. The average Bonchev–Trinajstić information content (AvgIpc) is 2.40. The van der Waals surface area contributed by atoms with Gasteiger partial charge >= 0.3 is 0 Å². The van der Waals surface area contributed by atoms with Crippen LogP contribution in [0.15, 0.2) is 36.8 Å². The Balaban J connectivity index is 2.24. The highest BCUT2D eigenvalue weighted by Crippen LogP contribution is 2.16. The van der Waals surface area contributed by atoms with Crippen molar-refractivity contribution in [3.63, 3.8) is 0 Å². The highest BCUT2D eigenvalue weighted by Gasteiger charge is 2.11. The summed E-state index contributed by atoms with van der Waals surface area (Å²) in [7, 11) is 1.92. The average molecular weight is 259 g/mol. The number of aromatic nitrogens is 3. The van der Waals surface area contributed by atoms with Gasteiger partial charge in [0.2, 0.25) is 0 Å². The third kappa shape index (κ3) is 2.78. The second-order valence-electron chi connectivity index (χ2n) is 3.84. The van der Waals surface area contributed by atoms with Crippen molar-refractivity contribution in [3.8, 4) is 0 Å².